The number of amides is 2. The van der Waals surface area contributed by atoms with Crippen LogP contribution in [0.5, 0.6) is 0 Å². The molecule has 2 aliphatic rings. The zero-order chi connectivity index (χ0) is 21.0. The van der Waals surface area contributed by atoms with E-state index in [9.17, 15) is 9.59 Å². The molecule has 1 fully saturated rings. The van der Waals surface area contributed by atoms with Crippen LogP contribution in [-0.2, 0) is 34.4 Å². The first kappa shape index (κ1) is 20.4. The van der Waals surface area contributed by atoms with E-state index < -0.39 is 0 Å². The second-order valence-corrected chi connectivity index (χ2v) is 8.42. The molecule has 1 N–H and O–H groups in total. The molecule has 1 aromatic carbocycles. The van der Waals surface area contributed by atoms with Crippen molar-refractivity contribution in [1.82, 2.24) is 20.0 Å². The fraction of sp³-hybridized carbons (Fsp3) is 0.458. The van der Waals surface area contributed by atoms with Crippen molar-refractivity contribution in [3.63, 3.8) is 0 Å². The van der Waals surface area contributed by atoms with Crippen LogP contribution in [0.15, 0.2) is 49.2 Å². The molecule has 1 saturated heterocycles. The summed E-state index contributed by atoms with van der Waals surface area (Å²) in [6, 6.07) is 10.3. The third-order valence-corrected chi connectivity index (χ3v) is 6.66. The summed E-state index contributed by atoms with van der Waals surface area (Å²) in [6.07, 6.45) is 8.62. The summed E-state index contributed by atoms with van der Waals surface area (Å²) < 4.78 is 2.06. The summed E-state index contributed by atoms with van der Waals surface area (Å²) in [5.74, 6) is 0.0166. The molecule has 0 unspecified atom stereocenters. The normalized spacial score (nSPS) is 17.8. The number of carbonyl (C=O) groups is 2. The molecule has 2 aliphatic heterocycles. The second kappa shape index (κ2) is 8.86. The molecule has 1 aromatic heterocycles. The first-order valence-electron chi connectivity index (χ1n) is 10.9. The molecule has 3 heterocycles. The standard InChI is InChI=1S/C24H30N4O2/c1-2-22(29)25-18-24(20-8-4-3-5-9-20)11-14-27(15-12-24)23(30)16-19-17-26-28-13-7-6-10-21(19)28/h2-5,8-9,17H,1,6-7,10-16,18H2,(H,25,29). The van der Waals surface area contributed by atoms with Crippen molar-refractivity contribution in [3.8, 4) is 0 Å². The zero-order valence-electron chi connectivity index (χ0n) is 17.5. The summed E-state index contributed by atoms with van der Waals surface area (Å²) in [7, 11) is 0. The molecule has 0 aliphatic carbocycles. The van der Waals surface area contributed by atoms with Crippen LogP contribution in [0.3, 0.4) is 0 Å². The summed E-state index contributed by atoms with van der Waals surface area (Å²) in [6.45, 7) is 6.46. The second-order valence-electron chi connectivity index (χ2n) is 8.42. The fourth-order valence-corrected chi connectivity index (χ4v) is 4.78. The Bertz CT molecular complexity index is 911. The van der Waals surface area contributed by atoms with Crippen molar-refractivity contribution in [3.05, 3.63) is 66.0 Å². The van der Waals surface area contributed by atoms with Crippen LogP contribution in [0, 0.1) is 0 Å². The van der Waals surface area contributed by atoms with Gasteiger partial charge in [0.1, 0.15) is 0 Å². The van der Waals surface area contributed by atoms with Gasteiger partial charge in [-0.05, 0) is 43.7 Å². The summed E-state index contributed by atoms with van der Waals surface area (Å²) in [5.41, 5.74) is 3.37. The Morgan fingerprint density at radius 2 is 1.90 bits per heavy atom. The zero-order valence-corrected chi connectivity index (χ0v) is 17.5. The molecule has 2 amide bonds. The number of nitrogens with zero attached hydrogens (tertiary/aromatic N) is 3. The highest BCUT2D eigenvalue weighted by Crippen LogP contribution is 2.35. The van der Waals surface area contributed by atoms with Gasteiger partial charge in [0.25, 0.3) is 0 Å². The summed E-state index contributed by atoms with van der Waals surface area (Å²) in [5, 5.41) is 7.45. The lowest BCUT2D eigenvalue weighted by molar-refractivity contribution is -0.132. The fourth-order valence-electron chi connectivity index (χ4n) is 4.78. The third kappa shape index (κ3) is 4.18. The third-order valence-electron chi connectivity index (χ3n) is 6.66. The van der Waals surface area contributed by atoms with Gasteiger partial charge in [0, 0.05) is 42.9 Å². The van der Waals surface area contributed by atoms with Crippen LogP contribution >= 0.6 is 0 Å². The van der Waals surface area contributed by atoms with E-state index in [0.717, 1.165) is 37.8 Å². The number of nitrogens with one attached hydrogen (secondary N) is 1. The molecule has 0 atom stereocenters. The van der Waals surface area contributed by atoms with Gasteiger partial charge >= 0.3 is 0 Å². The lowest BCUT2D eigenvalue weighted by Gasteiger charge is -2.42. The molecule has 2 aromatic rings. The number of benzene rings is 1. The van der Waals surface area contributed by atoms with Gasteiger partial charge in [0.05, 0.1) is 12.6 Å². The van der Waals surface area contributed by atoms with E-state index in [1.807, 2.05) is 29.3 Å². The highest BCUT2D eigenvalue weighted by Gasteiger charge is 2.37. The van der Waals surface area contributed by atoms with Gasteiger partial charge in [0.15, 0.2) is 0 Å². The SMILES string of the molecule is C=CC(=O)NCC1(c2ccccc2)CCN(C(=O)Cc2cnn3c2CCCC3)CC1. The van der Waals surface area contributed by atoms with Gasteiger partial charge in [-0.15, -0.1) is 0 Å². The van der Waals surface area contributed by atoms with E-state index in [2.05, 4.69) is 33.8 Å². The largest absolute Gasteiger partial charge is 0.352 e. The number of aromatic nitrogens is 2. The van der Waals surface area contributed by atoms with E-state index in [4.69, 9.17) is 0 Å². The van der Waals surface area contributed by atoms with Gasteiger partial charge in [-0.3, -0.25) is 14.3 Å². The van der Waals surface area contributed by atoms with E-state index in [-0.39, 0.29) is 17.2 Å². The molecule has 6 heteroatoms. The summed E-state index contributed by atoms with van der Waals surface area (Å²) in [4.78, 5) is 26.8. The predicted molar refractivity (Wildman–Crippen MR) is 116 cm³/mol. The summed E-state index contributed by atoms with van der Waals surface area (Å²) >= 11 is 0. The predicted octanol–water partition coefficient (Wildman–Crippen LogP) is 2.62. The monoisotopic (exact) mass is 406 g/mol. The molecule has 0 bridgehead atoms. The molecule has 4 rings (SSSR count). The molecular weight excluding hydrogens is 376 g/mol. The maximum absolute atomic E-state index is 13.0. The Hall–Kier alpha value is -2.89. The minimum Gasteiger partial charge on any atom is -0.352 e. The van der Waals surface area contributed by atoms with Crippen molar-refractivity contribution in [2.24, 2.45) is 0 Å². The average Bonchev–Trinajstić information content (AvgIpc) is 3.21. The topological polar surface area (TPSA) is 67.2 Å². The Morgan fingerprint density at radius 3 is 2.63 bits per heavy atom. The van der Waals surface area contributed by atoms with Crippen molar-refractivity contribution in [1.29, 1.82) is 0 Å². The first-order chi connectivity index (χ1) is 14.6. The Kier molecular flexibility index (Phi) is 6.02. The molecule has 6 nitrogen and oxygen atoms in total. The number of aryl methyl sites for hydroxylation is 1. The lowest BCUT2D eigenvalue weighted by atomic mass is 9.72. The molecule has 0 radical (unpaired) electrons. The van der Waals surface area contributed by atoms with E-state index >= 15 is 0 Å². The molecule has 30 heavy (non-hydrogen) atoms. The number of hydrogen-bond donors (Lipinski definition) is 1. The van der Waals surface area contributed by atoms with E-state index in [1.165, 1.54) is 23.8 Å². The minimum absolute atomic E-state index is 0.158. The minimum atomic E-state index is -0.159. The van der Waals surface area contributed by atoms with Crippen LogP contribution in [0.1, 0.15) is 42.5 Å². The van der Waals surface area contributed by atoms with Gasteiger partial charge in [-0.25, -0.2) is 0 Å². The molecular formula is C24H30N4O2. The average molecular weight is 407 g/mol. The van der Waals surface area contributed by atoms with E-state index in [1.54, 1.807) is 0 Å². The number of rotatable bonds is 6. The van der Waals surface area contributed by atoms with Crippen LogP contribution in [-0.4, -0.2) is 46.1 Å². The Balaban J connectivity index is 1.43. The van der Waals surface area contributed by atoms with E-state index in [0.29, 0.717) is 26.1 Å². The number of carbonyl (C=O) groups excluding carboxylic acids is 2. The van der Waals surface area contributed by atoms with Gasteiger partial charge in [-0.2, -0.15) is 5.10 Å². The molecule has 0 spiro atoms. The Labute approximate surface area is 178 Å². The number of piperidine rings is 1. The molecule has 0 saturated carbocycles. The molecule has 158 valence electrons. The lowest BCUT2D eigenvalue weighted by Crippen LogP contribution is -2.50. The van der Waals surface area contributed by atoms with Crippen molar-refractivity contribution >= 4 is 11.8 Å². The van der Waals surface area contributed by atoms with Crippen LogP contribution < -0.4 is 5.32 Å². The number of fused-ring (bicyclic) bond motifs is 1. The number of hydrogen-bond acceptors (Lipinski definition) is 3. The first-order valence-corrected chi connectivity index (χ1v) is 10.9. The number of likely N-dealkylation sites (tertiary alicyclic amines) is 1. The maximum Gasteiger partial charge on any atom is 0.243 e. The van der Waals surface area contributed by atoms with Crippen LogP contribution in [0.4, 0.5) is 0 Å². The highest BCUT2D eigenvalue weighted by atomic mass is 16.2. The van der Waals surface area contributed by atoms with Gasteiger partial charge in [0.2, 0.25) is 11.8 Å². The van der Waals surface area contributed by atoms with Crippen molar-refractivity contribution < 1.29 is 9.59 Å². The van der Waals surface area contributed by atoms with Crippen molar-refractivity contribution in [2.45, 2.75) is 50.5 Å². The van der Waals surface area contributed by atoms with Gasteiger partial charge in [-0.1, -0.05) is 36.9 Å². The maximum atomic E-state index is 13.0. The van der Waals surface area contributed by atoms with Crippen LogP contribution in [0.25, 0.3) is 0 Å². The smallest absolute Gasteiger partial charge is 0.243 e. The van der Waals surface area contributed by atoms with Crippen molar-refractivity contribution in [2.75, 3.05) is 19.6 Å². The highest BCUT2D eigenvalue weighted by molar-refractivity contribution is 5.86. The quantitative estimate of drug-likeness (QED) is 0.750. The van der Waals surface area contributed by atoms with Gasteiger partial charge < -0.3 is 10.2 Å². The van der Waals surface area contributed by atoms with Crippen LogP contribution in [0.2, 0.25) is 0 Å². The Morgan fingerprint density at radius 1 is 1.13 bits per heavy atom.